The summed E-state index contributed by atoms with van der Waals surface area (Å²) in [5.74, 6) is -0.759. The van der Waals surface area contributed by atoms with Crippen LogP contribution in [0.2, 0.25) is 0 Å². The van der Waals surface area contributed by atoms with Gasteiger partial charge in [-0.05, 0) is 31.5 Å². The first-order chi connectivity index (χ1) is 14.4. The van der Waals surface area contributed by atoms with E-state index >= 15 is 0 Å². The third kappa shape index (κ3) is 3.75. The zero-order valence-corrected chi connectivity index (χ0v) is 16.6. The first-order valence-corrected chi connectivity index (χ1v) is 9.39. The van der Waals surface area contributed by atoms with Crippen LogP contribution < -0.4 is 11.1 Å². The quantitative estimate of drug-likeness (QED) is 0.534. The number of fused-ring (bicyclic) bond motifs is 1. The van der Waals surface area contributed by atoms with Crippen LogP contribution >= 0.6 is 0 Å². The summed E-state index contributed by atoms with van der Waals surface area (Å²) >= 11 is 0. The topological polar surface area (TPSA) is 116 Å². The van der Waals surface area contributed by atoms with Gasteiger partial charge in [0.2, 0.25) is 0 Å². The van der Waals surface area contributed by atoms with E-state index < -0.39 is 11.8 Å². The molecule has 4 rings (SSSR count). The molecule has 8 nitrogen and oxygen atoms in total. The van der Waals surface area contributed by atoms with E-state index in [-0.39, 0.29) is 5.69 Å². The van der Waals surface area contributed by atoms with Crippen molar-refractivity contribution in [3.05, 3.63) is 82.7 Å². The molecule has 0 bridgehead atoms. The molecule has 2 amide bonds. The molecular formula is C22H20N6O2. The second-order valence-corrected chi connectivity index (χ2v) is 7.06. The monoisotopic (exact) mass is 400 g/mol. The van der Waals surface area contributed by atoms with E-state index in [1.54, 1.807) is 28.9 Å². The van der Waals surface area contributed by atoms with Crippen molar-refractivity contribution in [1.29, 1.82) is 0 Å². The highest BCUT2D eigenvalue weighted by molar-refractivity contribution is 6.13. The van der Waals surface area contributed by atoms with Gasteiger partial charge in [-0.1, -0.05) is 53.2 Å². The standard InChI is InChI=1S/C22H20N6O2/c1-13-7-9-15(10-8-13)12-28-14(2)21(26-27-28)25-22(30)17-11-19(20(23)29)24-18-6-4-3-5-16(17)18/h3-11H,12H2,1-2H3,(H2,23,29)(H,25,30). The normalized spacial score (nSPS) is 10.9. The van der Waals surface area contributed by atoms with Crippen LogP contribution in [0.15, 0.2) is 54.6 Å². The molecule has 0 fully saturated rings. The zero-order chi connectivity index (χ0) is 21.3. The van der Waals surface area contributed by atoms with Crippen LogP contribution in [0.1, 0.15) is 37.7 Å². The number of amides is 2. The molecule has 0 spiro atoms. The number of hydrogen-bond donors (Lipinski definition) is 2. The van der Waals surface area contributed by atoms with Crippen LogP contribution in [0.4, 0.5) is 5.82 Å². The molecule has 0 aliphatic rings. The van der Waals surface area contributed by atoms with Gasteiger partial charge in [-0.3, -0.25) is 9.59 Å². The van der Waals surface area contributed by atoms with Gasteiger partial charge in [0.1, 0.15) is 5.69 Å². The average molecular weight is 400 g/mol. The number of nitrogens with zero attached hydrogens (tertiary/aromatic N) is 4. The van der Waals surface area contributed by atoms with E-state index in [1.165, 1.54) is 11.6 Å². The van der Waals surface area contributed by atoms with Crippen molar-refractivity contribution in [2.75, 3.05) is 5.32 Å². The number of carbonyl (C=O) groups excluding carboxylic acids is 2. The highest BCUT2D eigenvalue weighted by Crippen LogP contribution is 2.21. The number of aromatic nitrogens is 4. The third-order valence-electron chi connectivity index (χ3n) is 4.88. The number of nitrogens with one attached hydrogen (secondary N) is 1. The van der Waals surface area contributed by atoms with Crippen molar-refractivity contribution in [2.24, 2.45) is 5.73 Å². The van der Waals surface area contributed by atoms with Gasteiger partial charge in [-0.15, -0.1) is 5.10 Å². The van der Waals surface area contributed by atoms with Crippen molar-refractivity contribution < 1.29 is 9.59 Å². The Bertz CT molecular complexity index is 1260. The summed E-state index contributed by atoms with van der Waals surface area (Å²) in [6, 6.07) is 16.6. The lowest BCUT2D eigenvalue weighted by Gasteiger charge is -2.09. The molecule has 0 unspecified atom stereocenters. The van der Waals surface area contributed by atoms with Gasteiger partial charge in [0.25, 0.3) is 11.8 Å². The van der Waals surface area contributed by atoms with Crippen molar-refractivity contribution in [2.45, 2.75) is 20.4 Å². The van der Waals surface area contributed by atoms with Crippen molar-refractivity contribution in [3.63, 3.8) is 0 Å². The Labute approximate surface area is 172 Å². The van der Waals surface area contributed by atoms with Gasteiger partial charge in [0, 0.05) is 5.39 Å². The molecule has 150 valence electrons. The number of benzene rings is 2. The molecule has 8 heteroatoms. The largest absolute Gasteiger partial charge is 0.364 e. The molecule has 30 heavy (non-hydrogen) atoms. The predicted molar refractivity (Wildman–Crippen MR) is 113 cm³/mol. The maximum Gasteiger partial charge on any atom is 0.267 e. The van der Waals surface area contributed by atoms with Gasteiger partial charge in [-0.25, -0.2) is 9.67 Å². The summed E-state index contributed by atoms with van der Waals surface area (Å²) in [6.45, 7) is 4.41. The van der Waals surface area contributed by atoms with Crippen LogP contribution in [0.5, 0.6) is 0 Å². The fraction of sp³-hybridized carbons (Fsp3) is 0.136. The summed E-state index contributed by atoms with van der Waals surface area (Å²) in [4.78, 5) is 28.8. The molecule has 2 heterocycles. The Balaban J connectivity index is 1.62. The Morgan fingerprint density at radius 2 is 1.80 bits per heavy atom. The van der Waals surface area contributed by atoms with Gasteiger partial charge >= 0.3 is 0 Å². The van der Waals surface area contributed by atoms with Crippen LogP contribution in [-0.2, 0) is 6.54 Å². The second kappa shape index (κ2) is 7.75. The van der Waals surface area contributed by atoms with Crippen LogP contribution in [0.3, 0.4) is 0 Å². The molecule has 0 aliphatic heterocycles. The van der Waals surface area contributed by atoms with E-state index in [9.17, 15) is 9.59 Å². The second-order valence-electron chi connectivity index (χ2n) is 7.06. The molecule has 4 aromatic rings. The Morgan fingerprint density at radius 1 is 1.07 bits per heavy atom. The van der Waals surface area contributed by atoms with Gasteiger partial charge in [-0.2, -0.15) is 0 Å². The van der Waals surface area contributed by atoms with Crippen LogP contribution in [0, 0.1) is 13.8 Å². The first kappa shape index (κ1) is 19.3. The Kier molecular flexibility index (Phi) is 4.97. The van der Waals surface area contributed by atoms with Crippen molar-refractivity contribution >= 4 is 28.5 Å². The predicted octanol–water partition coefficient (Wildman–Crippen LogP) is 2.84. The van der Waals surface area contributed by atoms with E-state index in [0.717, 1.165) is 11.3 Å². The highest BCUT2D eigenvalue weighted by Gasteiger charge is 2.18. The molecule has 0 aliphatic carbocycles. The van der Waals surface area contributed by atoms with Crippen LogP contribution in [-0.4, -0.2) is 31.8 Å². The molecule has 0 saturated carbocycles. The smallest absolute Gasteiger partial charge is 0.267 e. The van der Waals surface area contributed by atoms with Crippen LogP contribution in [0.25, 0.3) is 10.9 Å². The van der Waals surface area contributed by atoms with E-state index in [2.05, 4.69) is 20.6 Å². The molecule has 2 aromatic heterocycles. The van der Waals surface area contributed by atoms with E-state index in [0.29, 0.717) is 28.8 Å². The summed E-state index contributed by atoms with van der Waals surface area (Å²) in [7, 11) is 0. The lowest BCUT2D eigenvalue weighted by Crippen LogP contribution is -2.18. The third-order valence-corrected chi connectivity index (χ3v) is 4.88. The summed E-state index contributed by atoms with van der Waals surface area (Å²) in [5, 5.41) is 11.7. The number of aryl methyl sites for hydroxylation is 1. The number of para-hydroxylation sites is 1. The number of pyridine rings is 1. The average Bonchev–Trinajstić information content (AvgIpc) is 3.08. The van der Waals surface area contributed by atoms with Gasteiger partial charge < -0.3 is 11.1 Å². The minimum Gasteiger partial charge on any atom is -0.364 e. The summed E-state index contributed by atoms with van der Waals surface area (Å²) in [5.41, 5.74) is 9.19. The van der Waals surface area contributed by atoms with E-state index in [4.69, 9.17) is 5.73 Å². The first-order valence-electron chi connectivity index (χ1n) is 9.39. The maximum absolute atomic E-state index is 13.0. The summed E-state index contributed by atoms with van der Waals surface area (Å²) in [6.07, 6.45) is 0. The summed E-state index contributed by atoms with van der Waals surface area (Å²) < 4.78 is 1.72. The lowest BCUT2D eigenvalue weighted by atomic mass is 10.1. The molecule has 0 atom stereocenters. The fourth-order valence-corrected chi connectivity index (χ4v) is 3.16. The molecule has 2 aromatic carbocycles. The lowest BCUT2D eigenvalue weighted by molar-refractivity contribution is 0.0996. The Morgan fingerprint density at radius 3 is 2.53 bits per heavy atom. The minimum atomic E-state index is -0.699. The van der Waals surface area contributed by atoms with Gasteiger partial charge in [0.15, 0.2) is 5.82 Å². The number of carbonyl (C=O) groups is 2. The maximum atomic E-state index is 13.0. The number of hydrogen-bond acceptors (Lipinski definition) is 5. The van der Waals surface area contributed by atoms with Crippen molar-refractivity contribution in [1.82, 2.24) is 20.0 Å². The molecule has 0 radical (unpaired) electrons. The number of primary amides is 1. The van der Waals surface area contributed by atoms with E-state index in [1.807, 2.05) is 38.1 Å². The number of rotatable bonds is 5. The minimum absolute atomic E-state index is 0.0265. The van der Waals surface area contributed by atoms with Gasteiger partial charge in [0.05, 0.1) is 23.3 Å². The number of nitrogens with two attached hydrogens (primary N) is 1. The highest BCUT2D eigenvalue weighted by atomic mass is 16.2. The number of anilines is 1. The van der Waals surface area contributed by atoms with Crippen molar-refractivity contribution in [3.8, 4) is 0 Å². The molecule has 3 N–H and O–H groups in total. The molecular weight excluding hydrogens is 380 g/mol. The SMILES string of the molecule is Cc1ccc(Cn2nnc(NC(=O)c3cc(C(N)=O)nc4ccccc34)c2C)cc1. The Hall–Kier alpha value is -4.07. The zero-order valence-electron chi connectivity index (χ0n) is 16.6. The fourth-order valence-electron chi connectivity index (χ4n) is 3.16. The molecule has 0 saturated heterocycles.